The first kappa shape index (κ1) is 20.9. The summed E-state index contributed by atoms with van der Waals surface area (Å²) in [6, 6.07) is 19.4. The van der Waals surface area contributed by atoms with Gasteiger partial charge >= 0.3 is 5.69 Å². The van der Waals surface area contributed by atoms with Gasteiger partial charge in [0.05, 0.1) is 11.0 Å². The van der Waals surface area contributed by atoms with E-state index in [1.807, 2.05) is 72.5 Å². The van der Waals surface area contributed by atoms with E-state index in [0.29, 0.717) is 38.5 Å². The lowest BCUT2D eigenvalue weighted by Gasteiger charge is -2.35. The number of carbonyl (C=O) groups excluding carboxylic acids is 1. The Morgan fingerprint density at radius 2 is 1.55 bits per heavy atom. The number of rotatable bonds is 5. The molecule has 1 aliphatic rings. The second-order valence-electron chi connectivity index (χ2n) is 8.07. The number of fused-ring (bicyclic) bond motifs is 1. The van der Waals surface area contributed by atoms with Gasteiger partial charge in [0.2, 0.25) is 5.91 Å². The molecule has 8 nitrogen and oxygen atoms in total. The van der Waals surface area contributed by atoms with Gasteiger partial charge in [-0.1, -0.05) is 42.5 Å². The molecule has 3 heterocycles. The Morgan fingerprint density at radius 1 is 0.879 bits per heavy atom. The van der Waals surface area contributed by atoms with Crippen molar-refractivity contribution in [3.8, 4) is 11.4 Å². The highest BCUT2D eigenvalue weighted by atomic mass is 16.2. The van der Waals surface area contributed by atoms with Crippen molar-refractivity contribution < 1.29 is 4.79 Å². The molecule has 4 aromatic rings. The molecule has 168 valence electrons. The minimum Gasteiger partial charge on any atom is -0.353 e. The van der Waals surface area contributed by atoms with E-state index < -0.39 is 0 Å². The quantitative estimate of drug-likeness (QED) is 0.475. The third-order valence-electron chi connectivity index (χ3n) is 6.16. The first-order valence-electron chi connectivity index (χ1n) is 11.2. The van der Waals surface area contributed by atoms with E-state index in [2.05, 4.69) is 9.88 Å². The highest BCUT2D eigenvalue weighted by Crippen LogP contribution is 2.19. The van der Waals surface area contributed by atoms with Gasteiger partial charge in [0.1, 0.15) is 12.4 Å². The Labute approximate surface area is 191 Å². The lowest BCUT2D eigenvalue weighted by Crippen LogP contribution is -2.50. The average molecular weight is 443 g/mol. The summed E-state index contributed by atoms with van der Waals surface area (Å²) in [5, 5.41) is 0. The predicted octanol–water partition coefficient (Wildman–Crippen LogP) is 2.63. The average Bonchev–Trinajstić information content (AvgIpc) is 3.15. The van der Waals surface area contributed by atoms with Crippen molar-refractivity contribution in [1.29, 1.82) is 0 Å². The van der Waals surface area contributed by atoms with E-state index >= 15 is 0 Å². The summed E-state index contributed by atoms with van der Waals surface area (Å²) in [6.07, 6.45) is 1.78. The molecule has 0 N–H and O–H groups in total. The van der Waals surface area contributed by atoms with Crippen LogP contribution in [0.4, 0.5) is 5.82 Å². The van der Waals surface area contributed by atoms with Crippen molar-refractivity contribution in [1.82, 2.24) is 24.0 Å². The number of amides is 1. The number of anilines is 1. The molecule has 33 heavy (non-hydrogen) atoms. The molecule has 0 radical (unpaired) electrons. The molecule has 1 aliphatic heterocycles. The summed E-state index contributed by atoms with van der Waals surface area (Å²) in [6.45, 7) is 5.11. The molecule has 5 rings (SSSR count). The summed E-state index contributed by atoms with van der Waals surface area (Å²) < 4.78 is 3.30. The number of imidazole rings is 1. The van der Waals surface area contributed by atoms with Crippen molar-refractivity contribution in [2.24, 2.45) is 0 Å². The molecule has 2 aromatic carbocycles. The van der Waals surface area contributed by atoms with Gasteiger partial charge in [0.15, 0.2) is 5.82 Å². The summed E-state index contributed by atoms with van der Waals surface area (Å²) >= 11 is 0. The first-order valence-corrected chi connectivity index (χ1v) is 11.2. The van der Waals surface area contributed by atoms with Gasteiger partial charge in [-0.25, -0.2) is 14.8 Å². The number of benzene rings is 2. The summed E-state index contributed by atoms with van der Waals surface area (Å²) in [5.74, 6) is 1.51. The summed E-state index contributed by atoms with van der Waals surface area (Å²) in [5.41, 5.74) is 2.50. The fraction of sp³-hybridized carbons (Fsp3) is 0.280. The van der Waals surface area contributed by atoms with Crippen LogP contribution in [0, 0.1) is 0 Å². The van der Waals surface area contributed by atoms with Gasteiger partial charge in [0.25, 0.3) is 0 Å². The van der Waals surface area contributed by atoms with Crippen molar-refractivity contribution in [2.75, 3.05) is 31.1 Å². The molecular weight excluding hydrogens is 416 g/mol. The SMILES string of the molecule is CCn1c(=O)n(CC(=O)N2CCN(c3ccnc(-c4ccccc4)n3)CC2)c2ccccc21. The zero-order valence-corrected chi connectivity index (χ0v) is 18.6. The highest BCUT2D eigenvalue weighted by molar-refractivity contribution is 5.81. The van der Waals surface area contributed by atoms with Crippen LogP contribution in [0.3, 0.4) is 0 Å². The molecule has 2 aromatic heterocycles. The van der Waals surface area contributed by atoms with E-state index in [4.69, 9.17) is 4.98 Å². The topological polar surface area (TPSA) is 76.3 Å². The second kappa shape index (κ2) is 8.90. The minimum absolute atomic E-state index is 0.0385. The Hall–Kier alpha value is -3.94. The van der Waals surface area contributed by atoms with Crippen LogP contribution in [0.25, 0.3) is 22.4 Å². The van der Waals surface area contributed by atoms with Crippen molar-refractivity contribution in [3.63, 3.8) is 0 Å². The number of carbonyl (C=O) groups is 1. The van der Waals surface area contributed by atoms with E-state index in [1.54, 1.807) is 15.3 Å². The zero-order chi connectivity index (χ0) is 22.8. The van der Waals surface area contributed by atoms with Crippen LogP contribution in [0.2, 0.25) is 0 Å². The molecule has 0 spiro atoms. The van der Waals surface area contributed by atoms with Gasteiger partial charge in [-0.2, -0.15) is 0 Å². The third kappa shape index (κ3) is 4.00. The molecule has 0 unspecified atom stereocenters. The molecule has 0 saturated carbocycles. The van der Waals surface area contributed by atoms with Crippen LogP contribution in [0.15, 0.2) is 71.7 Å². The standard InChI is InChI=1S/C25H26N6O2/c1-2-30-20-10-6-7-11-21(20)31(25(30)33)18-23(32)29-16-14-28(15-17-29)22-12-13-26-24(27-22)19-8-4-3-5-9-19/h3-13H,2,14-18H2,1H3. The van der Waals surface area contributed by atoms with Crippen LogP contribution in [0.5, 0.6) is 0 Å². The fourth-order valence-electron chi connectivity index (χ4n) is 4.40. The van der Waals surface area contributed by atoms with Crippen molar-refractivity contribution >= 4 is 22.8 Å². The van der Waals surface area contributed by atoms with E-state index in [0.717, 1.165) is 22.4 Å². The second-order valence-corrected chi connectivity index (χ2v) is 8.07. The molecule has 8 heteroatoms. The van der Waals surface area contributed by atoms with Crippen LogP contribution in [-0.2, 0) is 17.9 Å². The number of aryl methyl sites for hydroxylation is 1. The number of piperazine rings is 1. The Balaban J connectivity index is 1.28. The Kier molecular flexibility index (Phi) is 5.64. The van der Waals surface area contributed by atoms with Crippen LogP contribution >= 0.6 is 0 Å². The number of hydrogen-bond acceptors (Lipinski definition) is 5. The van der Waals surface area contributed by atoms with Gasteiger partial charge in [0, 0.05) is 44.5 Å². The molecule has 1 amide bonds. The largest absolute Gasteiger partial charge is 0.353 e. The van der Waals surface area contributed by atoms with Crippen LogP contribution in [-0.4, -0.2) is 56.1 Å². The number of aromatic nitrogens is 4. The zero-order valence-electron chi connectivity index (χ0n) is 18.6. The molecule has 0 aliphatic carbocycles. The number of hydrogen-bond donors (Lipinski definition) is 0. The van der Waals surface area contributed by atoms with Crippen molar-refractivity contribution in [2.45, 2.75) is 20.0 Å². The monoisotopic (exact) mass is 442 g/mol. The highest BCUT2D eigenvalue weighted by Gasteiger charge is 2.24. The number of para-hydroxylation sites is 2. The number of nitrogens with zero attached hydrogens (tertiary/aromatic N) is 6. The predicted molar refractivity (Wildman–Crippen MR) is 128 cm³/mol. The molecule has 1 saturated heterocycles. The lowest BCUT2D eigenvalue weighted by molar-refractivity contribution is -0.132. The van der Waals surface area contributed by atoms with Gasteiger partial charge in [-0.15, -0.1) is 0 Å². The molecule has 0 atom stereocenters. The normalized spacial score (nSPS) is 14.1. The molecular formula is C25H26N6O2. The lowest BCUT2D eigenvalue weighted by atomic mass is 10.2. The van der Waals surface area contributed by atoms with Gasteiger partial charge in [-0.3, -0.25) is 13.9 Å². The Morgan fingerprint density at radius 3 is 2.24 bits per heavy atom. The Bertz CT molecular complexity index is 1340. The molecule has 1 fully saturated rings. The third-order valence-corrected chi connectivity index (χ3v) is 6.16. The summed E-state index contributed by atoms with van der Waals surface area (Å²) in [7, 11) is 0. The summed E-state index contributed by atoms with van der Waals surface area (Å²) in [4.78, 5) is 39.0. The van der Waals surface area contributed by atoms with Crippen LogP contribution in [0.1, 0.15) is 6.92 Å². The van der Waals surface area contributed by atoms with Crippen LogP contribution < -0.4 is 10.6 Å². The maximum atomic E-state index is 13.1. The molecule has 0 bridgehead atoms. The minimum atomic E-state index is -0.139. The van der Waals surface area contributed by atoms with Crippen molar-refractivity contribution in [3.05, 3.63) is 77.3 Å². The van der Waals surface area contributed by atoms with Gasteiger partial charge in [-0.05, 0) is 25.1 Å². The van der Waals surface area contributed by atoms with Gasteiger partial charge < -0.3 is 9.80 Å². The van der Waals surface area contributed by atoms with E-state index in [-0.39, 0.29) is 18.1 Å². The fourth-order valence-corrected chi connectivity index (χ4v) is 4.40. The smallest absolute Gasteiger partial charge is 0.329 e. The van der Waals surface area contributed by atoms with E-state index in [1.165, 1.54) is 0 Å². The maximum absolute atomic E-state index is 13.1. The van der Waals surface area contributed by atoms with E-state index in [9.17, 15) is 9.59 Å². The maximum Gasteiger partial charge on any atom is 0.329 e. The first-order chi connectivity index (χ1) is 16.2.